The van der Waals surface area contributed by atoms with E-state index in [1.807, 2.05) is 6.92 Å². The predicted molar refractivity (Wildman–Crippen MR) is 50.9 cm³/mol. The second-order valence-corrected chi connectivity index (χ2v) is 4.73. The minimum absolute atomic E-state index is 0.133. The third kappa shape index (κ3) is 1.96. The van der Waals surface area contributed by atoms with Crippen LogP contribution in [0.3, 0.4) is 0 Å². The third-order valence-corrected chi connectivity index (χ3v) is 2.79. The van der Waals surface area contributed by atoms with Crippen molar-refractivity contribution < 1.29 is 4.79 Å². The number of Topliss-reactive ketones (excluding diaryl/α,β-unsaturated/α-hetero) is 1. The maximum absolute atomic E-state index is 11.5. The highest BCUT2D eigenvalue weighted by atomic mass is 16.1. The highest BCUT2D eigenvalue weighted by Gasteiger charge is 2.33. The van der Waals surface area contributed by atoms with Crippen molar-refractivity contribution in [2.24, 2.45) is 11.3 Å². The number of allylic oxidation sites excluding steroid dienone is 1. The predicted octanol–water partition coefficient (Wildman–Crippen LogP) is 2.96. The zero-order valence-corrected chi connectivity index (χ0v) is 8.31. The first-order chi connectivity index (χ1) is 5.42. The molecule has 0 aromatic carbocycles. The van der Waals surface area contributed by atoms with E-state index in [-0.39, 0.29) is 5.92 Å². The van der Waals surface area contributed by atoms with Gasteiger partial charge in [-0.15, -0.1) is 0 Å². The van der Waals surface area contributed by atoms with Crippen molar-refractivity contribution in [2.45, 2.75) is 40.0 Å². The Hall–Kier alpha value is -0.590. The van der Waals surface area contributed by atoms with E-state index in [0.717, 1.165) is 24.8 Å². The lowest BCUT2D eigenvalue weighted by Crippen LogP contribution is -2.30. The Morgan fingerprint density at radius 3 is 2.58 bits per heavy atom. The largest absolute Gasteiger partial charge is 0.299 e. The van der Waals surface area contributed by atoms with Gasteiger partial charge in [-0.25, -0.2) is 0 Å². The minimum Gasteiger partial charge on any atom is -0.299 e. The Balaban J connectivity index is 2.72. The summed E-state index contributed by atoms with van der Waals surface area (Å²) in [6, 6.07) is 0. The van der Waals surface area contributed by atoms with Crippen LogP contribution in [0.4, 0.5) is 0 Å². The van der Waals surface area contributed by atoms with Gasteiger partial charge in [-0.3, -0.25) is 4.79 Å². The van der Waals surface area contributed by atoms with Gasteiger partial charge in [-0.05, 0) is 25.2 Å². The van der Waals surface area contributed by atoms with Crippen molar-refractivity contribution in [3.05, 3.63) is 12.2 Å². The quantitative estimate of drug-likeness (QED) is 0.547. The molecule has 12 heavy (non-hydrogen) atoms. The lowest BCUT2D eigenvalue weighted by atomic mass is 9.70. The number of carbonyl (C=O) groups is 1. The number of carbonyl (C=O) groups excluding carboxylic acids is 1. The van der Waals surface area contributed by atoms with Crippen LogP contribution >= 0.6 is 0 Å². The van der Waals surface area contributed by atoms with Crippen molar-refractivity contribution in [1.29, 1.82) is 0 Å². The van der Waals surface area contributed by atoms with Crippen LogP contribution in [-0.4, -0.2) is 5.78 Å². The Labute approximate surface area is 74.9 Å². The van der Waals surface area contributed by atoms with Gasteiger partial charge < -0.3 is 0 Å². The van der Waals surface area contributed by atoms with Gasteiger partial charge >= 0.3 is 0 Å². The molecule has 0 aliphatic heterocycles. The molecule has 1 rings (SSSR count). The van der Waals surface area contributed by atoms with E-state index in [0.29, 0.717) is 11.2 Å². The van der Waals surface area contributed by atoms with Gasteiger partial charge in [0.25, 0.3) is 0 Å². The molecule has 68 valence electrons. The molecule has 0 unspecified atom stereocenters. The molecule has 0 amide bonds. The lowest BCUT2D eigenvalue weighted by molar-refractivity contribution is -0.125. The van der Waals surface area contributed by atoms with Gasteiger partial charge in [0.2, 0.25) is 0 Å². The van der Waals surface area contributed by atoms with Crippen LogP contribution in [0.2, 0.25) is 0 Å². The van der Waals surface area contributed by atoms with E-state index in [2.05, 4.69) is 20.4 Å². The zero-order valence-electron chi connectivity index (χ0n) is 8.31. The number of hydrogen-bond donors (Lipinski definition) is 0. The molecule has 1 heteroatoms. The summed E-state index contributed by atoms with van der Waals surface area (Å²) in [7, 11) is 0. The molecule has 0 heterocycles. The number of hydrogen-bond acceptors (Lipinski definition) is 1. The molecule has 1 atom stereocenters. The van der Waals surface area contributed by atoms with E-state index in [1.165, 1.54) is 0 Å². The summed E-state index contributed by atoms with van der Waals surface area (Å²) in [5.74, 6) is 0.524. The average Bonchev–Trinajstić information content (AvgIpc) is 1.94. The smallest absolute Gasteiger partial charge is 0.140 e. The normalized spacial score (nSPS) is 28.6. The third-order valence-electron chi connectivity index (χ3n) is 2.79. The van der Waals surface area contributed by atoms with E-state index >= 15 is 0 Å². The Morgan fingerprint density at radius 1 is 1.58 bits per heavy atom. The molecule has 1 aliphatic rings. The van der Waals surface area contributed by atoms with Gasteiger partial charge in [-0.1, -0.05) is 26.0 Å². The van der Waals surface area contributed by atoms with Gasteiger partial charge in [-0.2, -0.15) is 0 Å². The summed E-state index contributed by atoms with van der Waals surface area (Å²) in [5, 5.41) is 0. The van der Waals surface area contributed by atoms with E-state index in [1.54, 1.807) is 0 Å². The van der Waals surface area contributed by atoms with Gasteiger partial charge in [0.1, 0.15) is 5.78 Å². The van der Waals surface area contributed by atoms with E-state index in [9.17, 15) is 4.79 Å². The molecule has 0 saturated heterocycles. The first-order valence-electron chi connectivity index (χ1n) is 4.60. The SMILES string of the molecule is C=C(C)[C@H]1CC(C)(C)CCC1=O. The van der Waals surface area contributed by atoms with Crippen molar-refractivity contribution >= 4 is 5.78 Å². The van der Waals surface area contributed by atoms with Crippen LogP contribution in [0.25, 0.3) is 0 Å². The molecular weight excluding hydrogens is 148 g/mol. The summed E-state index contributed by atoms with van der Waals surface area (Å²) >= 11 is 0. The average molecular weight is 166 g/mol. The number of ketones is 1. The van der Waals surface area contributed by atoms with Crippen LogP contribution in [-0.2, 0) is 4.79 Å². The molecule has 1 nitrogen and oxygen atoms in total. The van der Waals surface area contributed by atoms with Crippen molar-refractivity contribution in [3.8, 4) is 0 Å². The molecule has 1 fully saturated rings. The molecule has 0 spiro atoms. The molecule has 0 radical (unpaired) electrons. The van der Waals surface area contributed by atoms with E-state index < -0.39 is 0 Å². The summed E-state index contributed by atoms with van der Waals surface area (Å²) < 4.78 is 0. The molecule has 1 saturated carbocycles. The van der Waals surface area contributed by atoms with Crippen LogP contribution in [0.15, 0.2) is 12.2 Å². The highest BCUT2D eigenvalue weighted by molar-refractivity contribution is 5.84. The van der Waals surface area contributed by atoms with Crippen LogP contribution in [0.5, 0.6) is 0 Å². The first-order valence-corrected chi connectivity index (χ1v) is 4.60. The number of rotatable bonds is 1. The van der Waals surface area contributed by atoms with Crippen LogP contribution in [0, 0.1) is 11.3 Å². The summed E-state index contributed by atoms with van der Waals surface area (Å²) in [5.41, 5.74) is 1.37. The fourth-order valence-electron chi connectivity index (χ4n) is 1.85. The maximum atomic E-state index is 11.5. The lowest BCUT2D eigenvalue weighted by Gasteiger charge is -2.34. The first kappa shape index (κ1) is 9.50. The van der Waals surface area contributed by atoms with Gasteiger partial charge in [0.15, 0.2) is 0 Å². The van der Waals surface area contributed by atoms with Gasteiger partial charge in [0, 0.05) is 12.3 Å². The zero-order chi connectivity index (χ0) is 9.35. The topological polar surface area (TPSA) is 17.1 Å². The monoisotopic (exact) mass is 166 g/mol. The second kappa shape index (κ2) is 3.04. The van der Waals surface area contributed by atoms with Crippen LogP contribution in [0.1, 0.15) is 40.0 Å². The van der Waals surface area contributed by atoms with Crippen molar-refractivity contribution in [2.75, 3.05) is 0 Å². The Morgan fingerprint density at radius 2 is 2.17 bits per heavy atom. The van der Waals surface area contributed by atoms with E-state index in [4.69, 9.17) is 0 Å². The molecule has 0 N–H and O–H groups in total. The highest BCUT2D eigenvalue weighted by Crippen LogP contribution is 2.38. The molecular formula is C11H18O. The summed E-state index contributed by atoms with van der Waals surface area (Å²) in [6.07, 6.45) is 2.77. The molecule has 0 aromatic rings. The fourth-order valence-corrected chi connectivity index (χ4v) is 1.85. The van der Waals surface area contributed by atoms with Crippen molar-refractivity contribution in [1.82, 2.24) is 0 Å². The molecule has 1 aliphatic carbocycles. The Kier molecular flexibility index (Phi) is 2.41. The summed E-state index contributed by atoms with van der Waals surface area (Å²) in [4.78, 5) is 11.5. The van der Waals surface area contributed by atoms with Crippen molar-refractivity contribution in [3.63, 3.8) is 0 Å². The molecule has 0 bridgehead atoms. The van der Waals surface area contributed by atoms with Crippen LogP contribution < -0.4 is 0 Å². The summed E-state index contributed by atoms with van der Waals surface area (Å²) in [6.45, 7) is 10.3. The standard InChI is InChI=1S/C11H18O/c1-8(2)9-7-11(3,4)6-5-10(9)12/h9H,1,5-7H2,2-4H3/t9-/m1/s1. The Bertz CT molecular complexity index is 213. The minimum atomic E-state index is 0.133. The second-order valence-electron chi connectivity index (χ2n) is 4.73. The van der Waals surface area contributed by atoms with Gasteiger partial charge in [0.05, 0.1) is 0 Å². The molecule has 0 aromatic heterocycles. The maximum Gasteiger partial charge on any atom is 0.140 e. The fraction of sp³-hybridized carbons (Fsp3) is 0.727.